The molecule has 1 aliphatic rings. The number of benzene rings is 3. The van der Waals surface area contributed by atoms with Gasteiger partial charge >= 0.3 is 5.97 Å². The number of nitrogens with two attached hydrogens (primary N) is 1. The lowest BCUT2D eigenvalue weighted by Crippen LogP contribution is -2.21. The molecule has 34 heavy (non-hydrogen) atoms. The fourth-order valence-electron chi connectivity index (χ4n) is 3.90. The third kappa shape index (κ3) is 4.74. The summed E-state index contributed by atoms with van der Waals surface area (Å²) >= 11 is 0. The number of fused-ring (bicyclic) bond motifs is 1. The molecule has 4 rings (SSSR count). The highest BCUT2D eigenvalue weighted by Crippen LogP contribution is 2.43. The van der Waals surface area contributed by atoms with E-state index in [-0.39, 0.29) is 5.88 Å². The molecule has 0 saturated heterocycles. The molecule has 0 spiro atoms. The van der Waals surface area contributed by atoms with Crippen molar-refractivity contribution in [1.82, 2.24) is 0 Å². The van der Waals surface area contributed by atoms with Crippen molar-refractivity contribution in [2.75, 3.05) is 6.61 Å². The van der Waals surface area contributed by atoms with Crippen LogP contribution >= 0.6 is 0 Å². The topological polar surface area (TPSA) is 94.6 Å². The molecular weight excluding hydrogens is 428 g/mol. The summed E-state index contributed by atoms with van der Waals surface area (Å²) in [7, 11) is 0. The molecule has 3 aromatic rings. The number of esters is 1. The molecule has 0 amide bonds. The van der Waals surface area contributed by atoms with Crippen molar-refractivity contribution >= 4 is 5.97 Å². The Kier molecular flexibility index (Phi) is 6.84. The average molecular weight is 455 g/mol. The third-order valence-electron chi connectivity index (χ3n) is 5.75. The zero-order chi connectivity index (χ0) is 24.1. The van der Waals surface area contributed by atoms with Crippen molar-refractivity contribution in [2.45, 2.75) is 32.6 Å². The van der Waals surface area contributed by atoms with Crippen LogP contribution in [0.15, 0.2) is 78.2 Å². The number of carbonyl (C=O) groups excluding carboxylic acids is 1. The average Bonchev–Trinajstić information content (AvgIpc) is 2.84. The number of aryl methyl sites for hydroxylation is 1. The van der Waals surface area contributed by atoms with Crippen LogP contribution < -0.4 is 19.9 Å². The van der Waals surface area contributed by atoms with Crippen LogP contribution in [0.1, 0.15) is 52.7 Å². The van der Waals surface area contributed by atoms with Crippen molar-refractivity contribution in [3.63, 3.8) is 0 Å². The van der Waals surface area contributed by atoms with E-state index in [1.807, 2.05) is 43.3 Å². The zero-order valence-corrected chi connectivity index (χ0v) is 19.2. The van der Waals surface area contributed by atoms with Crippen molar-refractivity contribution in [3.8, 4) is 23.3 Å². The van der Waals surface area contributed by atoms with Crippen LogP contribution in [0.25, 0.3) is 0 Å². The Morgan fingerprint density at radius 2 is 1.82 bits per heavy atom. The molecule has 0 bridgehead atoms. The number of ether oxygens (including phenoxy) is 3. The quantitative estimate of drug-likeness (QED) is 0.283. The maximum atomic E-state index is 12.6. The van der Waals surface area contributed by atoms with Crippen molar-refractivity contribution in [3.05, 3.63) is 100 Å². The normalized spacial score (nSPS) is 14.6. The number of rotatable bonds is 7. The lowest BCUT2D eigenvalue weighted by atomic mass is 9.83. The Hall–Kier alpha value is -4.24. The highest BCUT2D eigenvalue weighted by atomic mass is 16.5. The van der Waals surface area contributed by atoms with E-state index < -0.39 is 11.9 Å². The first-order valence-corrected chi connectivity index (χ1v) is 11.2. The highest BCUT2D eigenvalue weighted by Gasteiger charge is 2.31. The van der Waals surface area contributed by atoms with Gasteiger partial charge in [-0.2, -0.15) is 5.26 Å². The van der Waals surface area contributed by atoms with E-state index in [0.29, 0.717) is 29.2 Å². The van der Waals surface area contributed by atoms with Gasteiger partial charge in [0.05, 0.1) is 18.1 Å². The second kappa shape index (κ2) is 10.1. The smallest absolute Gasteiger partial charge is 0.343 e. The zero-order valence-electron chi connectivity index (χ0n) is 19.2. The van der Waals surface area contributed by atoms with Gasteiger partial charge in [0.15, 0.2) is 0 Å². The van der Waals surface area contributed by atoms with Crippen molar-refractivity contribution < 1.29 is 19.0 Å². The number of nitrogens with zero attached hydrogens (tertiary/aromatic N) is 1. The van der Waals surface area contributed by atoms with E-state index >= 15 is 0 Å². The van der Waals surface area contributed by atoms with Crippen molar-refractivity contribution in [2.24, 2.45) is 5.73 Å². The molecule has 1 aliphatic heterocycles. The molecule has 172 valence electrons. The molecule has 6 heteroatoms. The second-order valence-corrected chi connectivity index (χ2v) is 8.10. The predicted octanol–water partition coefficient (Wildman–Crippen LogP) is 5.61. The van der Waals surface area contributed by atoms with Crippen LogP contribution in [0.3, 0.4) is 0 Å². The molecule has 2 N–H and O–H groups in total. The molecule has 0 fully saturated rings. The SMILES string of the molecule is CCCCOc1ccc(C2C(C#N)=C(N)Oc3cc(OC(=O)c4ccccc4C)ccc32)cc1. The number of hydrogen-bond donors (Lipinski definition) is 1. The number of unbranched alkanes of at least 4 members (excludes halogenated alkanes) is 1. The van der Waals surface area contributed by atoms with Crippen LogP contribution in [0, 0.1) is 18.3 Å². The molecule has 0 radical (unpaired) electrons. The molecule has 0 saturated carbocycles. The Balaban J connectivity index is 1.62. The summed E-state index contributed by atoms with van der Waals surface area (Å²) in [4.78, 5) is 12.6. The van der Waals surface area contributed by atoms with E-state index in [4.69, 9.17) is 19.9 Å². The monoisotopic (exact) mass is 454 g/mol. The van der Waals surface area contributed by atoms with Gasteiger partial charge < -0.3 is 19.9 Å². The van der Waals surface area contributed by atoms with E-state index in [2.05, 4.69) is 13.0 Å². The minimum Gasteiger partial charge on any atom is -0.494 e. The standard InChI is InChI=1S/C28H26N2O4/c1-3-4-15-32-20-11-9-19(10-12-20)26-23-14-13-21(16-25(23)34-27(30)24(26)17-29)33-28(31)22-8-6-5-7-18(22)2/h5-14,16,26H,3-4,15,30H2,1-2H3. The third-order valence-corrected chi connectivity index (χ3v) is 5.75. The van der Waals surface area contributed by atoms with Gasteiger partial charge in [0.25, 0.3) is 0 Å². The van der Waals surface area contributed by atoms with Gasteiger partial charge in [-0.05, 0) is 48.7 Å². The van der Waals surface area contributed by atoms with E-state index in [1.54, 1.807) is 30.3 Å². The van der Waals surface area contributed by atoms with Gasteiger partial charge in [0.1, 0.15) is 28.9 Å². The Morgan fingerprint density at radius 3 is 2.53 bits per heavy atom. The van der Waals surface area contributed by atoms with Gasteiger partial charge in [0.2, 0.25) is 5.88 Å². The number of allylic oxidation sites excluding steroid dienone is 1. The molecule has 1 atom stereocenters. The molecule has 6 nitrogen and oxygen atoms in total. The summed E-state index contributed by atoms with van der Waals surface area (Å²) in [5, 5.41) is 9.78. The van der Waals surface area contributed by atoms with Crippen molar-refractivity contribution in [1.29, 1.82) is 5.26 Å². The number of carbonyl (C=O) groups is 1. The van der Waals surface area contributed by atoms with Crippen LogP contribution in [0.4, 0.5) is 0 Å². The molecular formula is C28H26N2O4. The van der Waals surface area contributed by atoms with Gasteiger partial charge in [0, 0.05) is 11.6 Å². The Bertz CT molecular complexity index is 1270. The Labute approximate surface area is 199 Å². The van der Waals surface area contributed by atoms with Crippen LogP contribution in [0.2, 0.25) is 0 Å². The predicted molar refractivity (Wildman–Crippen MR) is 129 cm³/mol. The maximum absolute atomic E-state index is 12.6. The Morgan fingerprint density at radius 1 is 1.09 bits per heavy atom. The van der Waals surface area contributed by atoms with Gasteiger partial charge in [-0.1, -0.05) is 49.7 Å². The number of hydrogen-bond acceptors (Lipinski definition) is 6. The summed E-state index contributed by atoms with van der Waals surface area (Å²) in [6, 6.07) is 22.2. The first-order chi connectivity index (χ1) is 16.5. The lowest BCUT2D eigenvalue weighted by Gasteiger charge is -2.27. The summed E-state index contributed by atoms with van der Waals surface area (Å²) in [6.07, 6.45) is 2.05. The fraction of sp³-hybridized carbons (Fsp3) is 0.214. The van der Waals surface area contributed by atoms with Crippen LogP contribution in [-0.4, -0.2) is 12.6 Å². The summed E-state index contributed by atoms with van der Waals surface area (Å²) < 4.78 is 17.1. The lowest BCUT2D eigenvalue weighted by molar-refractivity contribution is 0.0733. The molecule has 0 aromatic heterocycles. The van der Waals surface area contributed by atoms with Gasteiger partial charge in [-0.25, -0.2) is 4.79 Å². The summed E-state index contributed by atoms with van der Waals surface area (Å²) in [5.74, 6) is 0.729. The maximum Gasteiger partial charge on any atom is 0.343 e. The largest absolute Gasteiger partial charge is 0.494 e. The first kappa shape index (κ1) is 22.9. The molecule has 3 aromatic carbocycles. The first-order valence-electron chi connectivity index (χ1n) is 11.2. The minimum atomic E-state index is -0.453. The molecule has 1 heterocycles. The minimum absolute atomic E-state index is 0.0330. The van der Waals surface area contributed by atoms with Crippen LogP contribution in [-0.2, 0) is 0 Å². The van der Waals surface area contributed by atoms with E-state index in [1.165, 1.54) is 0 Å². The molecule has 0 aliphatic carbocycles. The van der Waals surface area contributed by atoms with Crippen LogP contribution in [0.5, 0.6) is 17.2 Å². The summed E-state index contributed by atoms with van der Waals surface area (Å²) in [6.45, 7) is 4.63. The highest BCUT2D eigenvalue weighted by molar-refractivity contribution is 5.92. The van der Waals surface area contributed by atoms with E-state index in [9.17, 15) is 10.1 Å². The number of nitriles is 1. The second-order valence-electron chi connectivity index (χ2n) is 8.10. The summed E-state index contributed by atoms with van der Waals surface area (Å²) in [5.41, 5.74) is 9.41. The van der Waals surface area contributed by atoms with E-state index in [0.717, 1.165) is 35.3 Å². The molecule has 1 unspecified atom stereocenters. The van der Waals surface area contributed by atoms with Gasteiger partial charge in [-0.3, -0.25) is 0 Å². The fourth-order valence-corrected chi connectivity index (χ4v) is 3.90. The van der Waals surface area contributed by atoms with Gasteiger partial charge in [-0.15, -0.1) is 0 Å².